The minimum Gasteiger partial charge on any atom is -0.395 e. The Labute approximate surface area is 228 Å². The van der Waals surface area contributed by atoms with Gasteiger partial charge < -0.3 is 29.9 Å². The van der Waals surface area contributed by atoms with Crippen LogP contribution in [-0.4, -0.2) is 85.5 Å². The fourth-order valence-corrected chi connectivity index (χ4v) is 5.39. The maximum atomic E-state index is 14.6. The zero-order chi connectivity index (χ0) is 27.5. The van der Waals surface area contributed by atoms with Crippen molar-refractivity contribution in [3.63, 3.8) is 0 Å². The summed E-state index contributed by atoms with van der Waals surface area (Å²) in [5.41, 5.74) is 4.67. The number of carbonyl (C=O) groups excluding carboxylic acids is 1. The number of ether oxygens (including phenoxy) is 1. The molecule has 2 N–H and O–H groups in total. The van der Waals surface area contributed by atoms with Crippen LogP contribution < -0.4 is 15.1 Å². The first kappa shape index (κ1) is 27.2. The molecule has 208 valence electrons. The Balaban J connectivity index is 1.60. The number of nitrogens with zero attached hydrogens (tertiary/aromatic N) is 5. The van der Waals surface area contributed by atoms with Gasteiger partial charge in [0.1, 0.15) is 11.6 Å². The zero-order valence-electron chi connectivity index (χ0n) is 22.9. The molecule has 39 heavy (non-hydrogen) atoms. The molecular formula is C29H37FN6O3. The van der Waals surface area contributed by atoms with Crippen LogP contribution in [0.15, 0.2) is 36.5 Å². The van der Waals surface area contributed by atoms with Gasteiger partial charge in [-0.05, 0) is 49.6 Å². The van der Waals surface area contributed by atoms with E-state index >= 15 is 0 Å². The topological polar surface area (TPSA) is 94.1 Å². The third-order valence-corrected chi connectivity index (χ3v) is 7.54. The predicted molar refractivity (Wildman–Crippen MR) is 150 cm³/mol. The maximum absolute atomic E-state index is 14.6. The Morgan fingerprint density at radius 2 is 2.03 bits per heavy atom. The van der Waals surface area contributed by atoms with E-state index < -0.39 is 0 Å². The smallest absolute Gasteiger partial charge is 0.253 e. The van der Waals surface area contributed by atoms with Crippen molar-refractivity contribution in [2.24, 2.45) is 0 Å². The largest absolute Gasteiger partial charge is 0.395 e. The highest BCUT2D eigenvalue weighted by Gasteiger charge is 2.31. The molecule has 9 nitrogen and oxygen atoms in total. The number of aliphatic hydroxyl groups is 1. The number of aliphatic hydroxyl groups excluding tert-OH is 1. The van der Waals surface area contributed by atoms with Crippen molar-refractivity contribution in [1.82, 2.24) is 20.2 Å². The molecule has 0 radical (unpaired) electrons. The molecule has 1 amide bonds. The quantitative estimate of drug-likeness (QED) is 0.454. The Morgan fingerprint density at radius 3 is 2.77 bits per heavy atom. The Kier molecular flexibility index (Phi) is 8.25. The van der Waals surface area contributed by atoms with Gasteiger partial charge in [0.25, 0.3) is 5.91 Å². The van der Waals surface area contributed by atoms with E-state index in [1.165, 1.54) is 6.07 Å². The van der Waals surface area contributed by atoms with E-state index in [-0.39, 0.29) is 30.4 Å². The molecule has 0 bridgehead atoms. The van der Waals surface area contributed by atoms with E-state index in [9.17, 15) is 14.3 Å². The van der Waals surface area contributed by atoms with Crippen LogP contribution in [0.1, 0.15) is 47.3 Å². The van der Waals surface area contributed by atoms with E-state index in [2.05, 4.69) is 15.1 Å². The number of rotatable bonds is 8. The van der Waals surface area contributed by atoms with Crippen molar-refractivity contribution in [3.8, 4) is 0 Å². The van der Waals surface area contributed by atoms with Crippen LogP contribution in [0.5, 0.6) is 0 Å². The normalized spacial score (nSPS) is 18.5. The van der Waals surface area contributed by atoms with E-state index in [1.807, 2.05) is 19.1 Å². The van der Waals surface area contributed by atoms with Crippen LogP contribution in [0, 0.1) is 5.82 Å². The van der Waals surface area contributed by atoms with Crippen LogP contribution in [0.2, 0.25) is 0 Å². The summed E-state index contributed by atoms with van der Waals surface area (Å²) in [5.74, 6) is 0.387. The van der Waals surface area contributed by atoms with Crippen LogP contribution in [-0.2, 0) is 11.3 Å². The second-order valence-corrected chi connectivity index (χ2v) is 10.5. The number of amides is 1. The van der Waals surface area contributed by atoms with Gasteiger partial charge in [0.2, 0.25) is 0 Å². The second-order valence-electron chi connectivity index (χ2n) is 10.5. The lowest BCUT2D eigenvalue weighted by Crippen LogP contribution is -2.36. The van der Waals surface area contributed by atoms with Crippen LogP contribution in [0.4, 0.5) is 15.9 Å². The van der Waals surface area contributed by atoms with Gasteiger partial charge in [0, 0.05) is 63.1 Å². The van der Waals surface area contributed by atoms with Gasteiger partial charge in [-0.3, -0.25) is 9.78 Å². The van der Waals surface area contributed by atoms with Crippen LogP contribution in [0.25, 0.3) is 11.0 Å². The molecule has 2 fully saturated rings. The number of halogens is 1. The van der Waals surface area contributed by atoms with E-state index in [4.69, 9.17) is 14.7 Å². The Bertz CT molecular complexity index is 1330. The molecule has 0 saturated carbocycles. The highest BCUT2D eigenvalue weighted by molar-refractivity contribution is 5.98. The molecule has 2 saturated heterocycles. The highest BCUT2D eigenvalue weighted by atomic mass is 19.1. The molecule has 1 unspecified atom stereocenters. The van der Waals surface area contributed by atoms with Gasteiger partial charge in [0.05, 0.1) is 43.1 Å². The minimum atomic E-state index is -0.301. The number of aromatic nitrogens is 2. The lowest BCUT2D eigenvalue weighted by Gasteiger charge is -2.31. The standard InChI is InChI=1S/C29H37FN6O3/c1-19(18-37)31-16-20-6-7-22(30)15-26(20)36-8-4-5-25(36)23-13-21(29(38)34(2)3)14-24-28(23)33-27(17-32-24)35-9-11-39-12-10-35/h6-7,13-15,17,19,25,31,37H,4-5,8-12,16,18H2,1-3H3/t19-,25?/m1/s1. The molecule has 3 heterocycles. The van der Waals surface area contributed by atoms with Gasteiger partial charge in [-0.2, -0.15) is 0 Å². The number of anilines is 2. The van der Waals surface area contributed by atoms with E-state index in [1.54, 1.807) is 37.3 Å². The van der Waals surface area contributed by atoms with Crippen molar-refractivity contribution in [1.29, 1.82) is 0 Å². The molecule has 1 aromatic heterocycles. The molecule has 2 atom stereocenters. The Hall–Kier alpha value is -3.34. The van der Waals surface area contributed by atoms with Crippen molar-refractivity contribution in [3.05, 3.63) is 59.0 Å². The SMILES string of the molecule is C[C@H](CO)NCc1ccc(F)cc1N1CCCC1c1cc(C(=O)N(C)C)cc2ncc(N3CCOCC3)nc12. The van der Waals surface area contributed by atoms with E-state index in [0.29, 0.717) is 30.8 Å². The first-order chi connectivity index (χ1) is 18.9. The number of carbonyl (C=O) groups is 1. The lowest BCUT2D eigenvalue weighted by molar-refractivity contribution is 0.0827. The summed E-state index contributed by atoms with van der Waals surface area (Å²) in [5, 5.41) is 12.8. The summed E-state index contributed by atoms with van der Waals surface area (Å²) in [6, 6.07) is 8.43. The van der Waals surface area contributed by atoms with Crippen LogP contribution in [0.3, 0.4) is 0 Å². The van der Waals surface area contributed by atoms with Crippen LogP contribution >= 0.6 is 0 Å². The van der Waals surface area contributed by atoms with Gasteiger partial charge in [-0.15, -0.1) is 0 Å². The maximum Gasteiger partial charge on any atom is 0.253 e. The molecule has 2 aliphatic heterocycles. The molecule has 0 aliphatic carbocycles. The summed E-state index contributed by atoms with van der Waals surface area (Å²) in [6.45, 7) is 5.96. The highest BCUT2D eigenvalue weighted by Crippen LogP contribution is 2.41. The molecule has 3 aromatic rings. The van der Waals surface area contributed by atoms with Gasteiger partial charge in [-0.25, -0.2) is 9.37 Å². The number of fused-ring (bicyclic) bond motifs is 1. The number of benzene rings is 2. The Morgan fingerprint density at radius 1 is 1.23 bits per heavy atom. The lowest BCUT2D eigenvalue weighted by atomic mass is 9.98. The average Bonchev–Trinajstić information content (AvgIpc) is 3.45. The summed E-state index contributed by atoms with van der Waals surface area (Å²) in [7, 11) is 3.47. The van der Waals surface area contributed by atoms with E-state index in [0.717, 1.165) is 60.6 Å². The summed E-state index contributed by atoms with van der Waals surface area (Å²) in [6.07, 6.45) is 3.53. The average molecular weight is 537 g/mol. The molecule has 5 rings (SSSR count). The van der Waals surface area contributed by atoms with Gasteiger partial charge >= 0.3 is 0 Å². The first-order valence-electron chi connectivity index (χ1n) is 13.6. The van der Waals surface area contributed by atoms with Crippen molar-refractivity contribution >= 4 is 28.4 Å². The fraction of sp³-hybridized carbons (Fsp3) is 0.483. The third-order valence-electron chi connectivity index (χ3n) is 7.54. The monoisotopic (exact) mass is 536 g/mol. The second kappa shape index (κ2) is 11.8. The number of morpholine rings is 1. The third kappa shape index (κ3) is 5.83. The summed E-state index contributed by atoms with van der Waals surface area (Å²) < 4.78 is 20.1. The molecule has 2 aromatic carbocycles. The summed E-state index contributed by atoms with van der Waals surface area (Å²) >= 11 is 0. The molecular weight excluding hydrogens is 499 g/mol. The minimum absolute atomic E-state index is 0.0195. The zero-order valence-corrected chi connectivity index (χ0v) is 22.9. The van der Waals surface area contributed by atoms with Gasteiger partial charge in [-0.1, -0.05) is 6.07 Å². The number of nitrogens with one attached hydrogen (secondary N) is 1. The number of hydrogen-bond donors (Lipinski definition) is 2. The molecule has 10 heteroatoms. The first-order valence-corrected chi connectivity index (χ1v) is 13.6. The summed E-state index contributed by atoms with van der Waals surface area (Å²) in [4.78, 5) is 28.8. The van der Waals surface area contributed by atoms with Crippen molar-refractivity contribution in [2.75, 3.05) is 63.4 Å². The van der Waals surface area contributed by atoms with Crippen molar-refractivity contribution < 1.29 is 19.0 Å². The predicted octanol–water partition coefficient (Wildman–Crippen LogP) is 3.12. The molecule has 0 spiro atoms. The molecule has 2 aliphatic rings. The van der Waals surface area contributed by atoms with Crippen molar-refractivity contribution in [2.45, 2.75) is 38.4 Å². The fourth-order valence-electron chi connectivity index (χ4n) is 5.39. The van der Waals surface area contributed by atoms with Gasteiger partial charge in [0.15, 0.2) is 0 Å². The number of hydrogen-bond acceptors (Lipinski definition) is 8.